The summed E-state index contributed by atoms with van der Waals surface area (Å²) in [6.07, 6.45) is 3.73. The molecule has 0 radical (unpaired) electrons. The molecule has 0 amide bonds. The second-order valence-corrected chi connectivity index (χ2v) is 3.25. The van der Waals surface area contributed by atoms with Gasteiger partial charge in [-0.25, -0.2) is 4.98 Å². The molecule has 0 spiro atoms. The average molecular weight is 215 g/mol. The predicted molar refractivity (Wildman–Crippen MR) is 61.2 cm³/mol. The topological polar surface area (TPSA) is 82.9 Å². The predicted octanol–water partition coefficient (Wildman–Crippen LogP) is 1.05. The smallest absolute Gasteiger partial charge is 0.139 e. The van der Waals surface area contributed by atoms with Gasteiger partial charge in [0.2, 0.25) is 0 Å². The van der Waals surface area contributed by atoms with Gasteiger partial charge >= 0.3 is 0 Å². The molecule has 0 aromatic carbocycles. The molecule has 82 valence electrons. The highest BCUT2D eigenvalue weighted by Crippen LogP contribution is 2.08. The van der Waals surface area contributed by atoms with E-state index in [-0.39, 0.29) is 6.61 Å². The lowest BCUT2D eigenvalue weighted by Gasteiger charge is -1.96. The van der Waals surface area contributed by atoms with Crippen molar-refractivity contribution in [2.45, 2.75) is 19.3 Å². The zero-order valence-corrected chi connectivity index (χ0v) is 8.90. The lowest BCUT2D eigenvalue weighted by atomic mass is 10.2. The largest absolute Gasteiger partial charge is 0.396 e. The van der Waals surface area contributed by atoms with Crippen LogP contribution in [0.5, 0.6) is 0 Å². The molecule has 3 N–H and O–H groups in total. The molecule has 1 heterocycles. The van der Waals surface area contributed by atoms with Crippen LogP contribution in [0.25, 0.3) is 0 Å². The van der Waals surface area contributed by atoms with E-state index >= 15 is 0 Å². The molecule has 0 saturated carbocycles. The fraction of sp³-hybridized carbons (Fsp3) is 0.333. The van der Waals surface area contributed by atoms with E-state index in [4.69, 9.17) is 16.1 Å². The summed E-state index contributed by atoms with van der Waals surface area (Å²) in [6, 6.07) is 3.61. The number of rotatable bonds is 3. The first-order valence-corrected chi connectivity index (χ1v) is 5.03. The summed E-state index contributed by atoms with van der Waals surface area (Å²) in [7, 11) is 0. The summed E-state index contributed by atoms with van der Waals surface area (Å²) in [6.45, 7) is 0.190. The van der Waals surface area contributed by atoms with Crippen LogP contribution in [-0.4, -0.2) is 16.7 Å². The zero-order valence-electron chi connectivity index (χ0n) is 8.90. The van der Waals surface area contributed by atoms with Crippen LogP contribution in [0, 0.1) is 23.2 Å². The van der Waals surface area contributed by atoms with Gasteiger partial charge in [0.25, 0.3) is 0 Å². The third-order valence-corrected chi connectivity index (χ3v) is 1.98. The van der Waals surface area contributed by atoms with Crippen LogP contribution < -0.4 is 5.73 Å². The fourth-order valence-electron chi connectivity index (χ4n) is 1.12. The van der Waals surface area contributed by atoms with Crippen molar-refractivity contribution in [2.75, 3.05) is 12.3 Å². The van der Waals surface area contributed by atoms with Crippen LogP contribution in [0.2, 0.25) is 0 Å². The highest BCUT2D eigenvalue weighted by atomic mass is 16.2. The first-order chi connectivity index (χ1) is 7.77. The molecule has 0 bridgehead atoms. The zero-order chi connectivity index (χ0) is 11.8. The molecule has 0 aliphatic heterocycles. The van der Waals surface area contributed by atoms with E-state index in [1.54, 1.807) is 6.07 Å². The van der Waals surface area contributed by atoms with E-state index < -0.39 is 0 Å². The third kappa shape index (κ3) is 3.61. The number of nitrogen functional groups attached to an aromatic ring is 1. The molecule has 16 heavy (non-hydrogen) atoms. The van der Waals surface area contributed by atoms with Crippen LogP contribution in [-0.2, 0) is 0 Å². The van der Waals surface area contributed by atoms with Crippen LogP contribution in [0.1, 0.15) is 30.4 Å². The number of unbranched alkanes of at least 4 members (excludes halogenated alkanes) is 2. The Kier molecular flexibility index (Phi) is 4.85. The molecule has 1 aromatic heterocycles. The standard InChI is InChI=1S/C12H13N3O/c13-8-10-7-11(12(14)15-9-10)5-3-1-2-4-6-16/h7,9,16H,1-2,4,6H2,(H2,14,15). The van der Waals surface area contributed by atoms with Gasteiger partial charge in [0.15, 0.2) is 0 Å². The number of aliphatic hydroxyl groups excluding tert-OH is 1. The molecule has 4 nitrogen and oxygen atoms in total. The van der Waals surface area contributed by atoms with Crippen LogP contribution in [0.4, 0.5) is 5.82 Å². The summed E-state index contributed by atoms with van der Waals surface area (Å²) in [5.74, 6) is 6.16. The minimum absolute atomic E-state index is 0.190. The van der Waals surface area contributed by atoms with Gasteiger partial charge in [0.05, 0.1) is 11.1 Å². The fourth-order valence-corrected chi connectivity index (χ4v) is 1.12. The van der Waals surface area contributed by atoms with Gasteiger partial charge in [-0.3, -0.25) is 0 Å². The highest BCUT2D eigenvalue weighted by Gasteiger charge is 1.98. The summed E-state index contributed by atoms with van der Waals surface area (Å²) in [5, 5.41) is 17.3. The van der Waals surface area contributed by atoms with E-state index in [2.05, 4.69) is 16.8 Å². The lowest BCUT2D eigenvalue weighted by molar-refractivity contribution is 0.285. The number of nitriles is 1. The summed E-state index contributed by atoms with van der Waals surface area (Å²) < 4.78 is 0. The number of nitrogens with two attached hydrogens (primary N) is 1. The van der Waals surface area contributed by atoms with Gasteiger partial charge in [-0.05, 0) is 18.9 Å². The first kappa shape index (κ1) is 12.0. The molecule has 4 heteroatoms. The summed E-state index contributed by atoms with van der Waals surface area (Å²) >= 11 is 0. The molecule has 0 aliphatic rings. The number of anilines is 1. The van der Waals surface area contributed by atoms with Crippen molar-refractivity contribution in [1.29, 1.82) is 5.26 Å². The third-order valence-electron chi connectivity index (χ3n) is 1.98. The Morgan fingerprint density at radius 3 is 2.94 bits per heavy atom. The summed E-state index contributed by atoms with van der Waals surface area (Å²) in [5.41, 5.74) is 6.66. The molecular weight excluding hydrogens is 202 g/mol. The molecular formula is C12H13N3O. The number of hydrogen-bond acceptors (Lipinski definition) is 4. The monoisotopic (exact) mass is 215 g/mol. The maximum Gasteiger partial charge on any atom is 0.139 e. The SMILES string of the molecule is N#Cc1cnc(N)c(C#CCCCCO)c1. The second kappa shape index (κ2) is 6.44. The first-order valence-electron chi connectivity index (χ1n) is 5.03. The molecule has 1 rings (SSSR count). The van der Waals surface area contributed by atoms with Gasteiger partial charge in [-0.1, -0.05) is 11.8 Å². The van der Waals surface area contributed by atoms with Crippen molar-refractivity contribution in [3.8, 4) is 17.9 Å². The Balaban J connectivity index is 2.69. The molecule has 0 atom stereocenters. The number of hydrogen-bond donors (Lipinski definition) is 2. The normalized spacial score (nSPS) is 9.00. The van der Waals surface area contributed by atoms with Crippen LogP contribution in [0.15, 0.2) is 12.3 Å². The van der Waals surface area contributed by atoms with Gasteiger partial charge in [-0.15, -0.1) is 0 Å². The maximum absolute atomic E-state index is 8.69. The Labute approximate surface area is 94.7 Å². The maximum atomic E-state index is 8.69. The number of pyridine rings is 1. The van der Waals surface area contributed by atoms with Crippen LogP contribution in [0.3, 0.4) is 0 Å². The number of nitrogens with zero attached hydrogens (tertiary/aromatic N) is 2. The van der Waals surface area contributed by atoms with Gasteiger partial charge < -0.3 is 10.8 Å². The van der Waals surface area contributed by atoms with E-state index in [0.29, 0.717) is 23.4 Å². The van der Waals surface area contributed by atoms with Gasteiger partial charge in [0, 0.05) is 19.2 Å². The molecule has 0 saturated heterocycles. The lowest BCUT2D eigenvalue weighted by Crippen LogP contribution is -1.95. The highest BCUT2D eigenvalue weighted by molar-refractivity contribution is 5.53. The molecule has 1 aromatic rings. The molecule has 0 aliphatic carbocycles. The molecule has 0 unspecified atom stereocenters. The Bertz CT molecular complexity index is 452. The molecule has 0 fully saturated rings. The van der Waals surface area contributed by atoms with Crippen molar-refractivity contribution in [1.82, 2.24) is 4.98 Å². The van der Waals surface area contributed by atoms with E-state index in [1.165, 1.54) is 6.20 Å². The van der Waals surface area contributed by atoms with E-state index in [1.807, 2.05) is 6.07 Å². The Hall–Kier alpha value is -2.04. The van der Waals surface area contributed by atoms with Crippen molar-refractivity contribution < 1.29 is 5.11 Å². The number of aliphatic hydroxyl groups is 1. The van der Waals surface area contributed by atoms with E-state index in [9.17, 15) is 0 Å². The van der Waals surface area contributed by atoms with Crippen molar-refractivity contribution >= 4 is 5.82 Å². The Morgan fingerprint density at radius 2 is 2.25 bits per heavy atom. The summed E-state index contributed by atoms with van der Waals surface area (Å²) in [4.78, 5) is 3.88. The van der Waals surface area contributed by atoms with Crippen molar-refractivity contribution in [3.05, 3.63) is 23.4 Å². The number of aromatic nitrogens is 1. The van der Waals surface area contributed by atoms with Crippen molar-refractivity contribution in [3.63, 3.8) is 0 Å². The van der Waals surface area contributed by atoms with E-state index in [0.717, 1.165) is 12.8 Å². The second-order valence-electron chi connectivity index (χ2n) is 3.25. The average Bonchev–Trinajstić information content (AvgIpc) is 2.31. The van der Waals surface area contributed by atoms with Gasteiger partial charge in [0.1, 0.15) is 11.9 Å². The van der Waals surface area contributed by atoms with Gasteiger partial charge in [-0.2, -0.15) is 5.26 Å². The minimum atomic E-state index is 0.190. The van der Waals surface area contributed by atoms with Crippen LogP contribution >= 0.6 is 0 Å². The van der Waals surface area contributed by atoms with Crippen molar-refractivity contribution in [2.24, 2.45) is 0 Å². The minimum Gasteiger partial charge on any atom is -0.396 e. The Morgan fingerprint density at radius 1 is 1.44 bits per heavy atom. The quantitative estimate of drug-likeness (QED) is 0.583.